The van der Waals surface area contributed by atoms with Crippen LogP contribution in [0.5, 0.6) is 0 Å². The van der Waals surface area contributed by atoms with E-state index in [2.05, 4.69) is 0 Å². The highest BCUT2D eigenvalue weighted by atomic mass is 32.2. The van der Waals surface area contributed by atoms with Crippen LogP contribution in [0, 0.1) is 17.0 Å². The standard InChI is InChI=1S/C12H16N2O5S/c1-6-3-8(9(13)4-10(6)14(18)19)12(17)11(16)5-20-7(2)15/h3-4,11-12,16-17H,5,13H2,1-2H3. The molecule has 2 atom stereocenters. The SMILES string of the molecule is CC(=O)SCC(O)C(O)c1cc(C)c([N+](=O)[O-])cc1N. The summed E-state index contributed by atoms with van der Waals surface area (Å²) in [4.78, 5) is 21.0. The highest BCUT2D eigenvalue weighted by Crippen LogP contribution is 2.31. The van der Waals surface area contributed by atoms with E-state index in [0.29, 0.717) is 5.56 Å². The molecule has 20 heavy (non-hydrogen) atoms. The minimum Gasteiger partial charge on any atom is -0.398 e. The number of benzene rings is 1. The number of nitro groups is 1. The topological polar surface area (TPSA) is 127 Å². The van der Waals surface area contributed by atoms with Crippen molar-refractivity contribution in [3.8, 4) is 0 Å². The maximum absolute atomic E-state index is 10.8. The van der Waals surface area contributed by atoms with Crippen LogP contribution in [0.1, 0.15) is 24.2 Å². The van der Waals surface area contributed by atoms with Crippen molar-refractivity contribution in [2.75, 3.05) is 11.5 Å². The molecule has 1 aromatic carbocycles. The molecule has 7 nitrogen and oxygen atoms in total. The number of nitrogen functional groups attached to an aromatic ring is 1. The van der Waals surface area contributed by atoms with Crippen LogP contribution in [0.15, 0.2) is 12.1 Å². The van der Waals surface area contributed by atoms with E-state index in [0.717, 1.165) is 17.8 Å². The van der Waals surface area contributed by atoms with Crippen molar-refractivity contribution in [2.24, 2.45) is 0 Å². The summed E-state index contributed by atoms with van der Waals surface area (Å²) in [7, 11) is 0. The summed E-state index contributed by atoms with van der Waals surface area (Å²) in [6.07, 6.45) is -2.49. The average Bonchev–Trinajstić information content (AvgIpc) is 2.36. The van der Waals surface area contributed by atoms with Gasteiger partial charge in [0.05, 0.1) is 11.0 Å². The minimum absolute atomic E-state index is 0.0198. The van der Waals surface area contributed by atoms with E-state index in [4.69, 9.17) is 5.73 Å². The largest absolute Gasteiger partial charge is 0.398 e. The van der Waals surface area contributed by atoms with Gasteiger partial charge in [0, 0.05) is 35.6 Å². The van der Waals surface area contributed by atoms with E-state index in [9.17, 15) is 25.1 Å². The predicted octanol–water partition coefficient (Wildman–Crippen LogP) is 1.16. The summed E-state index contributed by atoms with van der Waals surface area (Å²) >= 11 is 0.883. The third kappa shape index (κ3) is 3.92. The Morgan fingerprint density at radius 1 is 1.50 bits per heavy atom. The molecule has 2 unspecified atom stereocenters. The maximum Gasteiger partial charge on any atom is 0.274 e. The fourth-order valence-corrected chi connectivity index (χ4v) is 2.28. The van der Waals surface area contributed by atoms with Gasteiger partial charge >= 0.3 is 0 Å². The Labute approximate surface area is 119 Å². The lowest BCUT2D eigenvalue weighted by Gasteiger charge is -2.19. The number of aryl methyl sites for hydroxylation is 1. The molecule has 1 aromatic rings. The minimum atomic E-state index is -1.30. The number of aliphatic hydroxyl groups excluding tert-OH is 2. The van der Waals surface area contributed by atoms with Crippen LogP contribution in [0.2, 0.25) is 0 Å². The molecule has 0 fully saturated rings. The number of aliphatic hydroxyl groups is 2. The fourth-order valence-electron chi connectivity index (χ4n) is 1.69. The van der Waals surface area contributed by atoms with Crippen molar-refractivity contribution in [1.82, 2.24) is 0 Å². The van der Waals surface area contributed by atoms with Gasteiger partial charge in [0.15, 0.2) is 5.12 Å². The number of rotatable bonds is 5. The first-order valence-corrected chi connectivity index (χ1v) is 6.76. The van der Waals surface area contributed by atoms with Crippen molar-refractivity contribution in [3.63, 3.8) is 0 Å². The van der Waals surface area contributed by atoms with Crippen molar-refractivity contribution >= 4 is 28.3 Å². The lowest BCUT2D eigenvalue weighted by molar-refractivity contribution is -0.385. The monoisotopic (exact) mass is 300 g/mol. The predicted molar refractivity (Wildman–Crippen MR) is 76.4 cm³/mol. The van der Waals surface area contributed by atoms with Gasteiger partial charge in [0.25, 0.3) is 5.69 Å². The lowest BCUT2D eigenvalue weighted by atomic mass is 10.00. The normalized spacial score (nSPS) is 13.8. The maximum atomic E-state index is 10.8. The Balaban J connectivity index is 2.98. The second-order valence-corrected chi connectivity index (χ2v) is 5.54. The van der Waals surface area contributed by atoms with Crippen molar-refractivity contribution < 1.29 is 19.9 Å². The number of nitrogens with zero attached hydrogens (tertiary/aromatic N) is 1. The Hall–Kier alpha value is -1.64. The van der Waals surface area contributed by atoms with Gasteiger partial charge in [-0.25, -0.2) is 0 Å². The lowest BCUT2D eigenvalue weighted by Crippen LogP contribution is -2.22. The average molecular weight is 300 g/mol. The number of hydrogen-bond donors (Lipinski definition) is 3. The molecule has 110 valence electrons. The molecule has 0 saturated heterocycles. The first-order valence-electron chi connectivity index (χ1n) is 5.78. The number of anilines is 1. The Morgan fingerprint density at radius 3 is 2.60 bits per heavy atom. The van der Waals surface area contributed by atoms with Crippen molar-refractivity contribution in [3.05, 3.63) is 33.4 Å². The van der Waals surface area contributed by atoms with Gasteiger partial charge in [-0.1, -0.05) is 11.8 Å². The summed E-state index contributed by atoms with van der Waals surface area (Å²) in [6.45, 7) is 2.87. The van der Waals surface area contributed by atoms with Crippen LogP contribution in [-0.2, 0) is 4.79 Å². The van der Waals surface area contributed by atoms with Crippen LogP contribution in [-0.4, -0.2) is 32.1 Å². The van der Waals surface area contributed by atoms with Crippen LogP contribution in [0.3, 0.4) is 0 Å². The molecule has 0 bridgehead atoms. The van der Waals surface area contributed by atoms with Crippen LogP contribution < -0.4 is 5.73 Å². The number of thioether (sulfide) groups is 1. The van der Waals surface area contributed by atoms with E-state index in [-0.39, 0.29) is 27.8 Å². The summed E-state index contributed by atoms with van der Waals surface area (Å²) < 4.78 is 0. The third-order valence-electron chi connectivity index (χ3n) is 2.74. The quantitative estimate of drug-likeness (QED) is 0.423. The van der Waals surface area contributed by atoms with Gasteiger partial charge in [0.2, 0.25) is 0 Å². The molecule has 0 radical (unpaired) electrons. The smallest absolute Gasteiger partial charge is 0.274 e. The number of nitro benzene ring substituents is 1. The molecule has 0 amide bonds. The molecule has 1 rings (SSSR count). The van der Waals surface area contributed by atoms with E-state index < -0.39 is 17.1 Å². The zero-order chi connectivity index (χ0) is 15.4. The van der Waals surface area contributed by atoms with Gasteiger partial charge in [-0.05, 0) is 13.0 Å². The van der Waals surface area contributed by atoms with E-state index in [1.165, 1.54) is 19.9 Å². The molecule has 0 aliphatic heterocycles. The van der Waals surface area contributed by atoms with E-state index in [1.54, 1.807) is 0 Å². The second kappa shape index (κ2) is 6.69. The second-order valence-electron chi connectivity index (χ2n) is 4.34. The molecular formula is C12H16N2O5S. The van der Waals surface area contributed by atoms with E-state index in [1.807, 2.05) is 0 Å². The number of hydrogen-bond acceptors (Lipinski definition) is 7. The van der Waals surface area contributed by atoms with Crippen LogP contribution in [0.25, 0.3) is 0 Å². The highest BCUT2D eigenvalue weighted by molar-refractivity contribution is 8.13. The van der Waals surface area contributed by atoms with Crippen LogP contribution in [0.4, 0.5) is 11.4 Å². The van der Waals surface area contributed by atoms with Crippen LogP contribution >= 0.6 is 11.8 Å². The molecule has 0 spiro atoms. The Kier molecular flexibility index (Phi) is 5.49. The summed E-state index contributed by atoms with van der Waals surface area (Å²) in [6, 6.07) is 2.53. The molecule has 0 aliphatic rings. The molecule has 0 heterocycles. The number of carbonyl (C=O) groups is 1. The third-order valence-corrected chi connectivity index (χ3v) is 3.65. The van der Waals surface area contributed by atoms with Crippen molar-refractivity contribution in [2.45, 2.75) is 26.1 Å². The van der Waals surface area contributed by atoms with Gasteiger partial charge in [-0.15, -0.1) is 0 Å². The molecule has 4 N–H and O–H groups in total. The number of nitrogens with two attached hydrogens (primary N) is 1. The Bertz CT molecular complexity index is 535. The summed E-state index contributed by atoms with van der Waals surface area (Å²) in [5, 5.41) is 30.4. The summed E-state index contributed by atoms with van der Waals surface area (Å²) in [5.41, 5.74) is 6.11. The van der Waals surface area contributed by atoms with E-state index >= 15 is 0 Å². The first-order chi connectivity index (χ1) is 9.23. The number of carbonyl (C=O) groups excluding carboxylic acids is 1. The van der Waals surface area contributed by atoms with Gasteiger partial charge in [-0.2, -0.15) is 0 Å². The molecule has 0 saturated carbocycles. The molecule has 0 aromatic heterocycles. The van der Waals surface area contributed by atoms with Gasteiger partial charge in [-0.3, -0.25) is 14.9 Å². The van der Waals surface area contributed by atoms with Gasteiger partial charge < -0.3 is 15.9 Å². The first kappa shape index (κ1) is 16.4. The zero-order valence-electron chi connectivity index (χ0n) is 11.1. The summed E-state index contributed by atoms with van der Waals surface area (Å²) in [5.74, 6) is 0.0198. The molecular weight excluding hydrogens is 284 g/mol. The zero-order valence-corrected chi connectivity index (χ0v) is 11.9. The van der Waals surface area contributed by atoms with Gasteiger partial charge in [0.1, 0.15) is 6.10 Å². The molecule has 8 heteroatoms. The Morgan fingerprint density at radius 2 is 2.10 bits per heavy atom. The fraction of sp³-hybridized carbons (Fsp3) is 0.417. The highest BCUT2D eigenvalue weighted by Gasteiger charge is 2.24. The molecule has 0 aliphatic carbocycles. The van der Waals surface area contributed by atoms with Crippen molar-refractivity contribution in [1.29, 1.82) is 0 Å².